The summed E-state index contributed by atoms with van der Waals surface area (Å²) in [7, 11) is 0. The molecule has 0 unspecified atom stereocenters. The van der Waals surface area contributed by atoms with E-state index in [2.05, 4.69) is 28.2 Å². The van der Waals surface area contributed by atoms with Crippen LogP contribution >= 0.6 is 0 Å². The van der Waals surface area contributed by atoms with Crippen molar-refractivity contribution in [3.8, 4) is 0 Å². The van der Waals surface area contributed by atoms with Crippen LogP contribution in [0, 0.1) is 6.92 Å². The number of nitrogens with one attached hydrogen (secondary N) is 2. The average Bonchev–Trinajstić information content (AvgIpc) is 2.91. The lowest BCUT2D eigenvalue weighted by Gasteiger charge is -2.32. The Morgan fingerprint density at radius 1 is 1.42 bits per heavy atom. The number of hydrogen-bond acceptors (Lipinski definition) is 3. The van der Waals surface area contributed by atoms with Gasteiger partial charge in [0.15, 0.2) is 0 Å². The molecule has 1 amide bonds. The minimum Gasteiger partial charge on any atom is -0.375 e. The van der Waals surface area contributed by atoms with Crippen LogP contribution in [0.4, 0.5) is 0 Å². The second-order valence-electron chi connectivity index (χ2n) is 6.48. The first-order valence-electron chi connectivity index (χ1n) is 8.84. The van der Waals surface area contributed by atoms with Gasteiger partial charge in [-0.3, -0.25) is 9.69 Å². The minimum atomic E-state index is 0.0750. The van der Waals surface area contributed by atoms with Crippen molar-refractivity contribution in [2.45, 2.75) is 32.8 Å². The molecule has 0 radical (unpaired) electrons. The summed E-state index contributed by atoms with van der Waals surface area (Å²) < 4.78 is 5.78. The molecule has 1 saturated heterocycles. The standard InChI is InChI=1S/C19H27N3O2/c1-3-22-10-11-24-15(13-22)8-9-20-19(23)12-17-14(2)21-18-7-5-4-6-16(17)18/h4-7,15,21H,3,8-13H2,1-2H3,(H,20,23)/t15-/m0/s1. The molecule has 0 spiro atoms. The van der Waals surface area contributed by atoms with E-state index in [0.29, 0.717) is 13.0 Å². The lowest BCUT2D eigenvalue weighted by molar-refractivity contribution is -0.120. The lowest BCUT2D eigenvalue weighted by Crippen LogP contribution is -2.43. The number of carbonyl (C=O) groups excluding carboxylic acids is 1. The molecular weight excluding hydrogens is 302 g/mol. The molecule has 5 heteroatoms. The summed E-state index contributed by atoms with van der Waals surface area (Å²) in [5, 5.41) is 4.18. The van der Waals surface area contributed by atoms with Crippen LogP contribution in [-0.2, 0) is 16.0 Å². The van der Waals surface area contributed by atoms with Gasteiger partial charge < -0.3 is 15.0 Å². The van der Waals surface area contributed by atoms with Crippen molar-refractivity contribution in [3.05, 3.63) is 35.5 Å². The van der Waals surface area contributed by atoms with Gasteiger partial charge in [-0.15, -0.1) is 0 Å². The van der Waals surface area contributed by atoms with Gasteiger partial charge >= 0.3 is 0 Å². The summed E-state index contributed by atoms with van der Waals surface area (Å²) in [5.74, 6) is 0.0750. The van der Waals surface area contributed by atoms with Gasteiger partial charge in [-0.25, -0.2) is 0 Å². The van der Waals surface area contributed by atoms with Crippen LogP contribution in [0.3, 0.4) is 0 Å². The number of rotatable bonds is 6. The van der Waals surface area contributed by atoms with Crippen molar-refractivity contribution in [1.29, 1.82) is 0 Å². The fourth-order valence-electron chi connectivity index (χ4n) is 3.40. The normalized spacial score (nSPS) is 18.8. The molecule has 3 rings (SSSR count). The van der Waals surface area contributed by atoms with Gasteiger partial charge in [-0.1, -0.05) is 25.1 Å². The van der Waals surface area contributed by atoms with Gasteiger partial charge in [0, 0.05) is 36.2 Å². The molecule has 24 heavy (non-hydrogen) atoms. The molecule has 0 bridgehead atoms. The van der Waals surface area contributed by atoms with E-state index in [4.69, 9.17) is 4.74 Å². The highest BCUT2D eigenvalue weighted by Gasteiger charge is 2.19. The van der Waals surface area contributed by atoms with Crippen LogP contribution in [0.1, 0.15) is 24.6 Å². The Labute approximate surface area is 143 Å². The number of hydrogen-bond donors (Lipinski definition) is 2. The second kappa shape index (κ2) is 7.81. The van der Waals surface area contributed by atoms with E-state index >= 15 is 0 Å². The van der Waals surface area contributed by atoms with Gasteiger partial charge in [-0.05, 0) is 31.5 Å². The zero-order valence-electron chi connectivity index (χ0n) is 14.6. The number of aromatic amines is 1. The maximum absolute atomic E-state index is 12.3. The van der Waals surface area contributed by atoms with Gasteiger partial charge in [0.1, 0.15) is 0 Å². The Hall–Kier alpha value is -1.85. The van der Waals surface area contributed by atoms with Crippen molar-refractivity contribution >= 4 is 16.8 Å². The molecular formula is C19H27N3O2. The van der Waals surface area contributed by atoms with Gasteiger partial charge in [0.05, 0.1) is 19.1 Å². The molecule has 1 aliphatic rings. The molecule has 5 nitrogen and oxygen atoms in total. The molecule has 2 aromatic rings. The highest BCUT2D eigenvalue weighted by atomic mass is 16.5. The van der Waals surface area contributed by atoms with Crippen LogP contribution in [0.2, 0.25) is 0 Å². The highest BCUT2D eigenvalue weighted by molar-refractivity contribution is 5.90. The monoisotopic (exact) mass is 329 g/mol. The van der Waals surface area contributed by atoms with Crippen molar-refractivity contribution < 1.29 is 9.53 Å². The molecule has 2 N–H and O–H groups in total. The van der Waals surface area contributed by atoms with Crippen molar-refractivity contribution in [2.24, 2.45) is 0 Å². The molecule has 1 atom stereocenters. The summed E-state index contributed by atoms with van der Waals surface area (Å²) >= 11 is 0. The molecule has 1 fully saturated rings. The number of H-pyrrole nitrogens is 1. The van der Waals surface area contributed by atoms with E-state index in [1.54, 1.807) is 0 Å². The predicted molar refractivity (Wildman–Crippen MR) is 96.2 cm³/mol. The van der Waals surface area contributed by atoms with Crippen LogP contribution in [0.5, 0.6) is 0 Å². The zero-order chi connectivity index (χ0) is 16.9. The molecule has 1 aromatic carbocycles. The number of fused-ring (bicyclic) bond motifs is 1. The zero-order valence-corrected chi connectivity index (χ0v) is 14.6. The summed E-state index contributed by atoms with van der Waals surface area (Å²) in [6, 6.07) is 8.13. The van der Waals surface area contributed by atoms with Crippen molar-refractivity contribution in [1.82, 2.24) is 15.2 Å². The van der Waals surface area contributed by atoms with E-state index in [1.807, 2.05) is 25.1 Å². The van der Waals surface area contributed by atoms with E-state index < -0.39 is 0 Å². The number of carbonyl (C=O) groups is 1. The van der Waals surface area contributed by atoms with Crippen LogP contribution in [-0.4, -0.2) is 54.7 Å². The molecule has 130 valence electrons. The summed E-state index contributed by atoms with van der Waals surface area (Å²) in [6.07, 6.45) is 1.52. The number of amides is 1. The van der Waals surface area contributed by atoms with Crippen LogP contribution in [0.25, 0.3) is 10.9 Å². The first-order chi connectivity index (χ1) is 11.7. The summed E-state index contributed by atoms with van der Waals surface area (Å²) in [4.78, 5) is 18.0. The van der Waals surface area contributed by atoms with E-state index in [-0.39, 0.29) is 12.0 Å². The number of aryl methyl sites for hydroxylation is 1. The third-order valence-corrected chi connectivity index (χ3v) is 4.82. The number of para-hydroxylation sites is 1. The van der Waals surface area contributed by atoms with Crippen LogP contribution in [0.15, 0.2) is 24.3 Å². The summed E-state index contributed by atoms with van der Waals surface area (Å²) in [5.41, 5.74) is 3.25. The highest BCUT2D eigenvalue weighted by Crippen LogP contribution is 2.22. The average molecular weight is 329 g/mol. The third kappa shape index (κ3) is 3.97. The van der Waals surface area contributed by atoms with Crippen molar-refractivity contribution in [2.75, 3.05) is 32.8 Å². The smallest absolute Gasteiger partial charge is 0.224 e. The maximum Gasteiger partial charge on any atom is 0.224 e. The number of morpholine rings is 1. The first kappa shape index (κ1) is 17.0. The Balaban J connectivity index is 1.50. The van der Waals surface area contributed by atoms with Gasteiger partial charge in [0.25, 0.3) is 0 Å². The minimum absolute atomic E-state index is 0.0750. The van der Waals surface area contributed by atoms with Gasteiger partial charge in [-0.2, -0.15) is 0 Å². The van der Waals surface area contributed by atoms with E-state index in [1.165, 1.54) is 0 Å². The summed E-state index contributed by atoms with van der Waals surface area (Å²) in [6.45, 7) is 8.70. The third-order valence-electron chi connectivity index (χ3n) is 4.82. The Kier molecular flexibility index (Phi) is 5.53. The second-order valence-corrected chi connectivity index (χ2v) is 6.48. The fraction of sp³-hybridized carbons (Fsp3) is 0.526. The predicted octanol–water partition coefficient (Wildman–Crippen LogP) is 2.25. The van der Waals surface area contributed by atoms with E-state index in [0.717, 1.165) is 54.8 Å². The SMILES string of the molecule is CCN1CCO[C@@H](CCNC(=O)Cc2c(C)[nH]c3ccccc23)C1. The van der Waals surface area contributed by atoms with Gasteiger partial charge in [0.2, 0.25) is 5.91 Å². The fourth-order valence-corrected chi connectivity index (χ4v) is 3.40. The molecule has 1 aromatic heterocycles. The first-order valence-corrected chi connectivity index (χ1v) is 8.84. The Morgan fingerprint density at radius 2 is 2.25 bits per heavy atom. The number of aromatic nitrogens is 1. The number of nitrogens with zero attached hydrogens (tertiary/aromatic N) is 1. The Bertz CT molecular complexity index is 695. The quantitative estimate of drug-likeness (QED) is 0.854. The number of likely N-dealkylation sites (N-methyl/N-ethyl adjacent to an activating group) is 1. The molecule has 0 saturated carbocycles. The number of ether oxygens (including phenoxy) is 1. The number of benzene rings is 1. The molecule has 1 aliphatic heterocycles. The topological polar surface area (TPSA) is 57.4 Å². The van der Waals surface area contributed by atoms with E-state index in [9.17, 15) is 4.79 Å². The Morgan fingerprint density at radius 3 is 3.08 bits per heavy atom. The largest absolute Gasteiger partial charge is 0.375 e. The lowest BCUT2D eigenvalue weighted by atomic mass is 10.1. The molecule has 0 aliphatic carbocycles. The molecule has 2 heterocycles. The maximum atomic E-state index is 12.3. The van der Waals surface area contributed by atoms with Crippen LogP contribution < -0.4 is 5.32 Å². The van der Waals surface area contributed by atoms with Crippen molar-refractivity contribution in [3.63, 3.8) is 0 Å².